The molecule has 0 radical (unpaired) electrons. The molecular formula is C19H20Cl3N3O2S. The van der Waals surface area contributed by atoms with Crippen LogP contribution in [0.2, 0.25) is 15.1 Å². The van der Waals surface area contributed by atoms with Crippen LogP contribution in [0.4, 0.5) is 5.69 Å². The van der Waals surface area contributed by atoms with Crippen molar-refractivity contribution in [1.29, 1.82) is 0 Å². The Morgan fingerprint density at radius 1 is 1.11 bits per heavy atom. The number of anilines is 1. The molecule has 0 bridgehead atoms. The van der Waals surface area contributed by atoms with Crippen molar-refractivity contribution < 1.29 is 8.42 Å². The van der Waals surface area contributed by atoms with E-state index in [1.165, 1.54) is 0 Å². The number of rotatable bonds is 7. The van der Waals surface area contributed by atoms with Gasteiger partial charge in [-0.15, -0.1) is 0 Å². The molecule has 1 atom stereocenters. The number of hydrazone groups is 1. The summed E-state index contributed by atoms with van der Waals surface area (Å²) < 4.78 is 26.6. The summed E-state index contributed by atoms with van der Waals surface area (Å²) in [6.45, 7) is 1.99. The average Bonchev–Trinajstić information content (AvgIpc) is 3.05. The minimum absolute atomic E-state index is 0.0909. The van der Waals surface area contributed by atoms with Crippen molar-refractivity contribution in [2.24, 2.45) is 5.10 Å². The monoisotopic (exact) mass is 459 g/mol. The lowest BCUT2D eigenvalue weighted by molar-refractivity contribution is 0.585. The van der Waals surface area contributed by atoms with Gasteiger partial charge in [0.05, 0.1) is 34.8 Å². The second kappa shape index (κ2) is 9.01. The lowest BCUT2D eigenvalue weighted by Crippen LogP contribution is -2.31. The van der Waals surface area contributed by atoms with Crippen LogP contribution in [0.1, 0.15) is 31.4 Å². The number of nitrogens with one attached hydrogen (secondary N) is 1. The van der Waals surface area contributed by atoms with Gasteiger partial charge in [-0.2, -0.15) is 5.10 Å². The van der Waals surface area contributed by atoms with Crippen molar-refractivity contribution >= 4 is 56.2 Å². The fraction of sp³-hybridized carbons (Fsp3) is 0.316. The highest BCUT2D eigenvalue weighted by Gasteiger charge is 2.30. The van der Waals surface area contributed by atoms with Crippen molar-refractivity contribution in [3.05, 3.63) is 63.1 Å². The summed E-state index contributed by atoms with van der Waals surface area (Å²) in [5, 5.41) is 8.12. The molecule has 5 nitrogen and oxygen atoms in total. The molecule has 1 unspecified atom stereocenters. The molecule has 0 saturated heterocycles. The van der Waals surface area contributed by atoms with E-state index in [1.807, 2.05) is 36.2 Å². The van der Waals surface area contributed by atoms with E-state index in [4.69, 9.17) is 34.8 Å². The maximum atomic E-state index is 12.0. The predicted octanol–water partition coefficient (Wildman–Crippen LogP) is 5.28. The molecule has 0 fully saturated rings. The summed E-state index contributed by atoms with van der Waals surface area (Å²) >= 11 is 18.4. The molecule has 0 spiro atoms. The molecule has 1 aliphatic heterocycles. The van der Waals surface area contributed by atoms with E-state index >= 15 is 0 Å². The molecule has 2 aromatic rings. The first-order chi connectivity index (χ1) is 13.3. The minimum atomic E-state index is -3.31. The van der Waals surface area contributed by atoms with Gasteiger partial charge in [0.15, 0.2) is 0 Å². The highest BCUT2D eigenvalue weighted by Crippen LogP contribution is 2.39. The van der Waals surface area contributed by atoms with E-state index in [2.05, 4.69) is 9.82 Å². The van der Waals surface area contributed by atoms with Crippen LogP contribution in [-0.2, 0) is 10.0 Å². The molecule has 0 aromatic heterocycles. The molecule has 0 saturated carbocycles. The first-order valence-electron chi connectivity index (χ1n) is 8.82. The summed E-state index contributed by atoms with van der Waals surface area (Å²) in [4.78, 5) is 0. The van der Waals surface area contributed by atoms with Gasteiger partial charge in [-0.25, -0.2) is 13.1 Å². The van der Waals surface area contributed by atoms with E-state index in [1.54, 1.807) is 18.2 Å². The van der Waals surface area contributed by atoms with E-state index in [0.717, 1.165) is 11.3 Å². The second-order valence-electron chi connectivity index (χ2n) is 6.52. The summed E-state index contributed by atoms with van der Waals surface area (Å²) in [7, 11) is -3.31. The molecule has 3 rings (SSSR count). The highest BCUT2D eigenvalue weighted by atomic mass is 35.5. The van der Waals surface area contributed by atoms with Crippen LogP contribution in [0.3, 0.4) is 0 Å². The normalized spacial score (nSPS) is 17.1. The molecule has 2 aromatic carbocycles. The quantitative estimate of drug-likeness (QED) is 0.611. The molecule has 0 aliphatic carbocycles. The lowest BCUT2D eigenvalue weighted by Gasteiger charge is -2.25. The lowest BCUT2D eigenvalue weighted by atomic mass is 10.0. The Hall–Kier alpha value is -1.31. The summed E-state index contributed by atoms with van der Waals surface area (Å²) in [6, 6.07) is 12.6. The van der Waals surface area contributed by atoms with E-state index < -0.39 is 10.0 Å². The zero-order valence-electron chi connectivity index (χ0n) is 15.2. The maximum absolute atomic E-state index is 12.0. The molecule has 1 heterocycles. The van der Waals surface area contributed by atoms with Gasteiger partial charge in [-0.3, -0.25) is 5.01 Å². The van der Waals surface area contributed by atoms with E-state index in [9.17, 15) is 8.42 Å². The Bertz CT molecular complexity index is 978. The number of hydrogen-bond donors (Lipinski definition) is 1. The van der Waals surface area contributed by atoms with Crippen LogP contribution in [0.15, 0.2) is 47.6 Å². The zero-order valence-corrected chi connectivity index (χ0v) is 18.3. The first-order valence-corrected chi connectivity index (χ1v) is 11.6. The fourth-order valence-corrected chi connectivity index (χ4v) is 4.74. The first kappa shape index (κ1) is 21.4. The average molecular weight is 461 g/mol. The molecule has 1 N–H and O–H groups in total. The summed E-state index contributed by atoms with van der Waals surface area (Å²) in [5.41, 5.74) is 2.44. The highest BCUT2D eigenvalue weighted by molar-refractivity contribution is 7.89. The molecule has 150 valence electrons. The van der Waals surface area contributed by atoms with Crippen LogP contribution >= 0.6 is 34.8 Å². The van der Waals surface area contributed by atoms with Crippen LogP contribution in [0.5, 0.6) is 0 Å². The number of benzene rings is 2. The Kier molecular flexibility index (Phi) is 6.89. The van der Waals surface area contributed by atoms with Gasteiger partial charge in [0.25, 0.3) is 0 Å². The predicted molar refractivity (Wildman–Crippen MR) is 117 cm³/mol. The SMILES string of the molecule is CCCS(=O)(=O)NCC1=NN(c2ccc(Cl)cc2Cl)C(c2ccc(Cl)cc2)C1. The van der Waals surface area contributed by atoms with Gasteiger partial charge in [0.1, 0.15) is 0 Å². The van der Waals surface area contributed by atoms with Crippen molar-refractivity contribution in [1.82, 2.24) is 4.72 Å². The van der Waals surface area contributed by atoms with Crippen molar-refractivity contribution in [3.63, 3.8) is 0 Å². The fourth-order valence-electron chi connectivity index (χ4n) is 3.05. The number of sulfonamides is 1. The Balaban J connectivity index is 1.90. The number of nitrogens with zero attached hydrogens (tertiary/aromatic N) is 2. The van der Waals surface area contributed by atoms with Crippen molar-refractivity contribution in [2.75, 3.05) is 17.3 Å². The largest absolute Gasteiger partial charge is 0.256 e. The number of hydrogen-bond acceptors (Lipinski definition) is 4. The van der Waals surface area contributed by atoms with Crippen molar-refractivity contribution in [3.8, 4) is 0 Å². The minimum Gasteiger partial charge on any atom is -0.256 e. The van der Waals surface area contributed by atoms with E-state index in [0.29, 0.717) is 33.6 Å². The van der Waals surface area contributed by atoms with Gasteiger partial charge in [-0.05, 0) is 42.3 Å². The van der Waals surface area contributed by atoms with E-state index in [-0.39, 0.29) is 18.3 Å². The van der Waals surface area contributed by atoms with Gasteiger partial charge in [0.2, 0.25) is 10.0 Å². The van der Waals surface area contributed by atoms with Crippen LogP contribution in [0, 0.1) is 0 Å². The van der Waals surface area contributed by atoms with Crippen LogP contribution < -0.4 is 9.73 Å². The molecule has 0 amide bonds. The smallest absolute Gasteiger partial charge is 0.211 e. The molecular weight excluding hydrogens is 441 g/mol. The van der Waals surface area contributed by atoms with Crippen LogP contribution in [-0.4, -0.2) is 26.4 Å². The standard InChI is InChI=1S/C19H20Cl3N3O2S/c1-2-9-28(26,27)23-12-16-11-19(13-3-5-14(20)6-4-13)25(24-16)18-8-7-15(21)10-17(18)22/h3-8,10,19,23H,2,9,11-12H2,1H3. The van der Waals surface area contributed by atoms with Crippen LogP contribution in [0.25, 0.3) is 0 Å². The summed E-state index contributed by atoms with van der Waals surface area (Å²) in [6.07, 6.45) is 1.12. The second-order valence-corrected chi connectivity index (χ2v) is 9.72. The topological polar surface area (TPSA) is 61.8 Å². The summed E-state index contributed by atoms with van der Waals surface area (Å²) in [5.74, 6) is 0.0909. The number of halogens is 3. The van der Waals surface area contributed by atoms with Gasteiger partial charge in [0, 0.05) is 16.5 Å². The van der Waals surface area contributed by atoms with Gasteiger partial charge >= 0.3 is 0 Å². The molecule has 9 heteroatoms. The third kappa shape index (κ3) is 5.19. The Labute approximate surface area is 180 Å². The molecule has 1 aliphatic rings. The van der Waals surface area contributed by atoms with Gasteiger partial charge in [-0.1, -0.05) is 53.9 Å². The zero-order chi connectivity index (χ0) is 20.3. The molecule has 28 heavy (non-hydrogen) atoms. The Morgan fingerprint density at radius 3 is 2.43 bits per heavy atom. The third-order valence-corrected chi connectivity index (χ3v) is 6.67. The van der Waals surface area contributed by atoms with Gasteiger partial charge < -0.3 is 0 Å². The Morgan fingerprint density at radius 2 is 1.79 bits per heavy atom. The van der Waals surface area contributed by atoms with Crippen molar-refractivity contribution in [2.45, 2.75) is 25.8 Å². The maximum Gasteiger partial charge on any atom is 0.211 e. The third-order valence-electron chi connectivity index (χ3n) is 4.35.